The summed E-state index contributed by atoms with van der Waals surface area (Å²) in [5.74, 6) is 1.16. The molecule has 20 heavy (non-hydrogen) atoms. The maximum atomic E-state index is 10.00. The lowest BCUT2D eigenvalue weighted by molar-refractivity contribution is 0.188. The summed E-state index contributed by atoms with van der Waals surface area (Å²) >= 11 is 6.05. The zero-order valence-electron chi connectivity index (χ0n) is 11.8. The number of nitrogens with zero attached hydrogens (tertiary/aromatic N) is 1. The van der Waals surface area contributed by atoms with Gasteiger partial charge in [-0.05, 0) is 62.9 Å². The van der Waals surface area contributed by atoms with Gasteiger partial charge < -0.3 is 10.4 Å². The van der Waals surface area contributed by atoms with Crippen LogP contribution in [-0.4, -0.2) is 35.7 Å². The van der Waals surface area contributed by atoms with Crippen molar-refractivity contribution in [3.8, 4) is 5.75 Å². The number of phenolic OH excluding ortho intramolecular Hbond substituents is 1. The Morgan fingerprint density at radius 1 is 1.20 bits per heavy atom. The minimum absolute atomic E-state index is 0.366. The Balaban J connectivity index is 1.66. The molecule has 0 bridgehead atoms. The van der Waals surface area contributed by atoms with Gasteiger partial charge in [0.1, 0.15) is 5.75 Å². The fraction of sp³-hybridized carbons (Fsp3) is 0.625. The highest BCUT2D eigenvalue weighted by molar-refractivity contribution is 6.30. The molecule has 1 heterocycles. The molecular formula is C16H23ClN2O. The number of piperidine rings is 1. The fourth-order valence-corrected chi connectivity index (χ4v) is 3.27. The lowest BCUT2D eigenvalue weighted by atomic mass is 9.97. The van der Waals surface area contributed by atoms with E-state index in [9.17, 15) is 5.11 Å². The highest BCUT2D eigenvalue weighted by Gasteiger charge is 2.31. The van der Waals surface area contributed by atoms with Crippen LogP contribution in [0.4, 0.5) is 0 Å². The summed E-state index contributed by atoms with van der Waals surface area (Å²) in [6.45, 7) is 4.26. The zero-order chi connectivity index (χ0) is 13.9. The van der Waals surface area contributed by atoms with Crippen molar-refractivity contribution >= 4 is 11.6 Å². The first-order valence-electron chi connectivity index (χ1n) is 7.64. The molecule has 1 aliphatic carbocycles. The second-order valence-corrected chi connectivity index (χ2v) is 6.56. The Kier molecular flexibility index (Phi) is 4.49. The number of aromatic hydroxyl groups is 1. The van der Waals surface area contributed by atoms with Crippen LogP contribution in [0.25, 0.3) is 0 Å². The molecule has 1 aromatic rings. The summed E-state index contributed by atoms with van der Waals surface area (Å²) in [7, 11) is 0. The van der Waals surface area contributed by atoms with E-state index in [1.54, 1.807) is 12.1 Å². The predicted molar refractivity (Wildman–Crippen MR) is 82.1 cm³/mol. The molecule has 0 aromatic heterocycles. The van der Waals surface area contributed by atoms with Crippen LogP contribution < -0.4 is 5.32 Å². The summed E-state index contributed by atoms with van der Waals surface area (Å²) in [5.41, 5.74) is 0.957. The van der Waals surface area contributed by atoms with Gasteiger partial charge in [0, 0.05) is 29.7 Å². The molecule has 3 nitrogen and oxygen atoms in total. The highest BCUT2D eigenvalue weighted by atomic mass is 35.5. The molecule has 0 unspecified atom stereocenters. The van der Waals surface area contributed by atoms with E-state index in [-0.39, 0.29) is 0 Å². The maximum absolute atomic E-state index is 10.00. The Morgan fingerprint density at radius 2 is 1.95 bits per heavy atom. The van der Waals surface area contributed by atoms with Gasteiger partial charge in [0.2, 0.25) is 0 Å². The van der Waals surface area contributed by atoms with Crippen molar-refractivity contribution in [2.75, 3.05) is 19.6 Å². The van der Waals surface area contributed by atoms with Gasteiger partial charge in [0.05, 0.1) is 0 Å². The average molecular weight is 295 g/mol. The largest absolute Gasteiger partial charge is 0.508 e. The third-order valence-electron chi connectivity index (χ3n) is 4.43. The molecule has 1 aliphatic heterocycles. The zero-order valence-corrected chi connectivity index (χ0v) is 12.6. The van der Waals surface area contributed by atoms with Crippen molar-refractivity contribution in [2.45, 2.75) is 38.3 Å². The van der Waals surface area contributed by atoms with Gasteiger partial charge in [0.25, 0.3) is 0 Å². The van der Waals surface area contributed by atoms with Crippen molar-refractivity contribution in [1.29, 1.82) is 0 Å². The molecule has 2 fully saturated rings. The van der Waals surface area contributed by atoms with Crippen molar-refractivity contribution in [2.24, 2.45) is 5.92 Å². The maximum Gasteiger partial charge on any atom is 0.120 e. The number of halogens is 1. The van der Waals surface area contributed by atoms with Crippen molar-refractivity contribution < 1.29 is 5.11 Å². The molecule has 1 aromatic carbocycles. The van der Waals surface area contributed by atoms with Crippen LogP contribution in [0, 0.1) is 5.92 Å². The summed E-state index contributed by atoms with van der Waals surface area (Å²) in [4.78, 5) is 2.54. The molecule has 110 valence electrons. The minimum atomic E-state index is 0.366. The third-order valence-corrected chi connectivity index (χ3v) is 4.66. The van der Waals surface area contributed by atoms with Crippen LogP contribution in [0.5, 0.6) is 5.75 Å². The van der Waals surface area contributed by atoms with E-state index in [0.29, 0.717) is 16.8 Å². The molecule has 1 saturated heterocycles. The average Bonchev–Trinajstić information content (AvgIpc) is 3.28. The van der Waals surface area contributed by atoms with Crippen LogP contribution in [0.3, 0.4) is 0 Å². The lowest BCUT2D eigenvalue weighted by Crippen LogP contribution is -2.37. The van der Waals surface area contributed by atoms with Crippen molar-refractivity contribution in [1.82, 2.24) is 10.2 Å². The Hall–Kier alpha value is -0.770. The number of phenols is 1. The fourth-order valence-electron chi connectivity index (χ4n) is 3.08. The molecule has 1 saturated carbocycles. The van der Waals surface area contributed by atoms with Gasteiger partial charge in [-0.3, -0.25) is 4.90 Å². The minimum Gasteiger partial charge on any atom is -0.508 e. The van der Waals surface area contributed by atoms with Gasteiger partial charge in [-0.2, -0.15) is 0 Å². The van der Waals surface area contributed by atoms with E-state index in [2.05, 4.69) is 10.2 Å². The Labute approximate surface area is 125 Å². The Morgan fingerprint density at radius 3 is 2.65 bits per heavy atom. The van der Waals surface area contributed by atoms with Crippen LogP contribution in [-0.2, 0) is 6.54 Å². The van der Waals surface area contributed by atoms with Crippen molar-refractivity contribution in [3.05, 3.63) is 28.8 Å². The Bertz CT molecular complexity index is 456. The molecule has 3 rings (SSSR count). The number of hydrogen-bond acceptors (Lipinski definition) is 3. The smallest absolute Gasteiger partial charge is 0.120 e. The molecule has 0 atom stereocenters. The van der Waals surface area contributed by atoms with Crippen LogP contribution in [0.2, 0.25) is 5.02 Å². The van der Waals surface area contributed by atoms with Gasteiger partial charge in [-0.1, -0.05) is 11.6 Å². The summed E-state index contributed by atoms with van der Waals surface area (Å²) in [6.07, 6.45) is 5.13. The van der Waals surface area contributed by atoms with Crippen LogP contribution in [0.1, 0.15) is 31.2 Å². The number of nitrogens with one attached hydrogen (secondary N) is 1. The lowest BCUT2D eigenvalue weighted by Gasteiger charge is -2.30. The molecule has 2 N–H and O–H groups in total. The van der Waals surface area contributed by atoms with E-state index in [1.165, 1.54) is 25.7 Å². The van der Waals surface area contributed by atoms with Gasteiger partial charge in [-0.15, -0.1) is 0 Å². The summed E-state index contributed by atoms with van der Waals surface area (Å²) in [5, 5.41) is 14.1. The van der Waals surface area contributed by atoms with E-state index < -0.39 is 0 Å². The van der Waals surface area contributed by atoms with Crippen molar-refractivity contribution in [3.63, 3.8) is 0 Å². The second kappa shape index (κ2) is 6.33. The molecule has 0 radical (unpaired) electrons. The van der Waals surface area contributed by atoms with E-state index in [1.807, 2.05) is 6.07 Å². The van der Waals surface area contributed by atoms with Gasteiger partial charge >= 0.3 is 0 Å². The normalized spacial score (nSPS) is 20.5. The molecule has 0 amide bonds. The third kappa shape index (κ3) is 3.66. The van der Waals surface area contributed by atoms with E-state index in [0.717, 1.165) is 37.7 Å². The predicted octanol–water partition coefficient (Wildman–Crippen LogP) is 3.01. The first-order chi connectivity index (χ1) is 9.72. The summed E-state index contributed by atoms with van der Waals surface area (Å²) in [6, 6.07) is 6.06. The number of hydrogen-bond donors (Lipinski definition) is 2. The number of rotatable bonds is 5. The van der Waals surface area contributed by atoms with E-state index >= 15 is 0 Å². The van der Waals surface area contributed by atoms with Crippen LogP contribution >= 0.6 is 11.6 Å². The van der Waals surface area contributed by atoms with E-state index in [4.69, 9.17) is 11.6 Å². The van der Waals surface area contributed by atoms with Crippen LogP contribution in [0.15, 0.2) is 18.2 Å². The van der Waals surface area contributed by atoms with Gasteiger partial charge in [0.15, 0.2) is 0 Å². The first kappa shape index (κ1) is 14.2. The topological polar surface area (TPSA) is 35.5 Å². The monoisotopic (exact) mass is 294 g/mol. The first-order valence-corrected chi connectivity index (χ1v) is 8.02. The summed E-state index contributed by atoms with van der Waals surface area (Å²) < 4.78 is 0. The molecule has 2 aliphatic rings. The quantitative estimate of drug-likeness (QED) is 0.876. The molecule has 0 spiro atoms. The number of benzene rings is 1. The second-order valence-electron chi connectivity index (χ2n) is 6.13. The van der Waals surface area contributed by atoms with Gasteiger partial charge in [-0.25, -0.2) is 0 Å². The SMILES string of the molecule is Oc1ccc(Cl)cc1CN(CC1CCNCC1)C1CC1. The molecule has 4 heteroatoms. The standard InChI is InChI=1S/C16H23ClN2O/c17-14-1-4-16(20)13(9-14)11-19(15-2-3-15)10-12-5-7-18-8-6-12/h1,4,9,12,15,18,20H,2-3,5-8,10-11H2. The highest BCUT2D eigenvalue weighted by Crippen LogP contribution is 2.32. The molecular weight excluding hydrogens is 272 g/mol.